The summed E-state index contributed by atoms with van der Waals surface area (Å²) in [6.07, 6.45) is 7.32. The van der Waals surface area contributed by atoms with Gasteiger partial charge in [-0.15, -0.1) is 0 Å². The van der Waals surface area contributed by atoms with E-state index in [1.807, 2.05) is 30.3 Å². The fourth-order valence-corrected chi connectivity index (χ4v) is 5.68. The molecule has 1 saturated carbocycles. The maximum Gasteiger partial charge on any atom is 0.414 e. The average molecular weight is 448 g/mol. The Morgan fingerprint density at radius 3 is 2.61 bits per heavy atom. The Kier molecular flexibility index (Phi) is 6.11. The fourth-order valence-electron chi connectivity index (χ4n) is 5.68. The minimum absolute atomic E-state index is 0.0854. The Hall–Kier alpha value is -2.86. The van der Waals surface area contributed by atoms with E-state index in [0.29, 0.717) is 12.5 Å². The maximum absolute atomic E-state index is 12.5. The van der Waals surface area contributed by atoms with Crippen molar-refractivity contribution in [3.63, 3.8) is 0 Å². The van der Waals surface area contributed by atoms with Gasteiger partial charge >= 0.3 is 6.09 Å². The van der Waals surface area contributed by atoms with Crippen molar-refractivity contribution in [2.24, 2.45) is 0 Å². The Morgan fingerprint density at radius 1 is 1.12 bits per heavy atom. The molecule has 2 aliphatic rings. The lowest BCUT2D eigenvalue weighted by Gasteiger charge is -2.34. The quantitative estimate of drug-likeness (QED) is 0.555. The van der Waals surface area contributed by atoms with Crippen LogP contribution < -0.4 is 4.90 Å². The second kappa shape index (κ2) is 9.18. The fraction of sp³-hybridized carbons (Fsp3) is 0.481. The van der Waals surface area contributed by atoms with Crippen LogP contribution in [0.1, 0.15) is 74.5 Å². The number of imidazole rings is 1. The molecule has 2 atom stereocenters. The van der Waals surface area contributed by atoms with Crippen molar-refractivity contribution in [2.75, 3.05) is 12.0 Å². The number of carbonyl (C=O) groups is 1. The number of aromatic nitrogens is 2. The van der Waals surface area contributed by atoms with E-state index in [1.165, 1.54) is 26.4 Å². The summed E-state index contributed by atoms with van der Waals surface area (Å²) in [5.41, 5.74) is 5.01. The van der Waals surface area contributed by atoms with Crippen molar-refractivity contribution < 1.29 is 14.6 Å². The number of aliphatic hydroxyl groups is 1. The molecule has 0 bridgehead atoms. The van der Waals surface area contributed by atoms with Gasteiger partial charge in [0.25, 0.3) is 0 Å². The zero-order valence-corrected chi connectivity index (χ0v) is 19.5. The van der Waals surface area contributed by atoms with Gasteiger partial charge in [0, 0.05) is 24.1 Å². The first kappa shape index (κ1) is 22.0. The number of hydrogen-bond donors (Lipinski definition) is 1. The summed E-state index contributed by atoms with van der Waals surface area (Å²) in [6, 6.07) is 14.5. The van der Waals surface area contributed by atoms with Gasteiger partial charge in [-0.25, -0.2) is 9.78 Å². The van der Waals surface area contributed by atoms with Crippen molar-refractivity contribution in [3.05, 3.63) is 59.4 Å². The summed E-state index contributed by atoms with van der Waals surface area (Å²) in [5.74, 6) is 0.935. The van der Waals surface area contributed by atoms with Crippen LogP contribution in [0.2, 0.25) is 0 Å². The maximum atomic E-state index is 12.5. The lowest BCUT2D eigenvalue weighted by Crippen LogP contribution is -2.42. The summed E-state index contributed by atoms with van der Waals surface area (Å²) in [5, 5.41) is 11.0. The Balaban J connectivity index is 1.62. The van der Waals surface area contributed by atoms with Gasteiger partial charge in [0.15, 0.2) is 0 Å². The van der Waals surface area contributed by atoms with Gasteiger partial charge < -0.3 is 14.4 Å². The third-order valence-electron chi connectivity index (χ3n) is 7.40. The number of aryl methyl sites for hydroxylation is 1. The number of ether oxygens (including phenoxy) is 1. The normalized spacial score (nSPS) is 20.0. The van der Waals surface area contributed by atoms with Gasteiger partial charge in [0.05, 0.1) is 29.9 Å². The second-order valence-corrected chi connectivity index (χ2v) is 9.48. The van der Waals surface area contributed by atoms with Crippen molar-refractivity contribution >= 4 is 22.8 Å². The van der Waals surface area contributed by atoms with E-state index in [1.54, 1.807) is 4.90 Å². The molecule has 1 aliphatic heterocycles. The molecule has 0 unspecified atom stereocenters. The minimum atomic E-state index is -0.604. The molecule has 2 aromatic carbocycles. The number of anilines is 1. The van der Waals surface area contributed by atoms with Gasteiger partial charge in [0.2, 0.25) is 0 Å². The zero-order chi connectivity index (χ0) is 22.9. The van der Waals surface area contributed by atoms with E-state index in [9.17, 15) is 9.90 Å². The molecule has 1 N–H and O–H groups in total. The zero-order valence-electron chi connectivity index (χ0n) is 19.5. The molecule has 0 spiro atoms. The highest BCUT2D eigenvalue weighted by atomic mass is 16.5. The van der Waals surface area contributed by atoms with E-state index in [4.69, 9.17) is 9.72 Å². The lowest BCUT2D eigenvalue weighted by molar-refractivity contribution is 0.173. The summed E-state index contributed by atoms with van der Waals surface area (Å²) in [4.78, 5) is 19.4. The number of amides is 1. The van der Waals surface area contributed by atoms with Crippen molar-refractivity contribution in [1.82, 2.24) is 9.55 Å². The van der Waals surface area contributed by atoms with Crippen LogP contribution >= 0.6 is 0 Å². The minimum Gasteiger partial charge on any atom is -0.452 e. The van der Waals surface area contributed by atoms with Gasteiger partial charge in [0.1, 0.15) is 5.82 Å². The third-order valence-corrected chi connectivity index (χ3v) is 7.40. The monoisotopic (exact) mass is 447 g/mol. The first-order chi connectivity index (χ1) is 16.1. The summed E-state index contributed by atoms with van der Waals surface area (Å²) < 4.78 is 7.47. The van der Waals surface area contributed by atoms with Gasteiger partial charge in [-0.3, -0.25) is 4.90 Å². The van der Waals surface area contributed by atoms with E-state index in [2.05, 4.69) is 23.6 Å². The first-order valence-electron chi connectivity index (χ1n) is 12.2. The molecule has 2 heterocycles. The number of benzene rings is 2. The molecule has 0 radical (unpaired) electrons. The van der Waals surface area contributed by atoms with E-state index in [0.717, 1.165) is 59.4 Å². The average Bonchev–Trinajstić information content (AvgIpc) is 3.22. The van der Waals surface area contributed by atoms with E-state index < -0.39 is 6.10 Å². The van der Waals surface area contributed by atoms with Crippen molar-refractivity contribution in [2.45, 2.75) is 76.5 Å². The molecule has 6 heteroatoms. The van der Waals surface area contributed by atoms with Gasteiger partial charge in [-0.2, -0.15) is 0 Å². The molecule has 3 aromatic rings. The van der Waals surface area contributed by atoms with Crippen LogP contribution in [0.3, 0.4) is 0 Å². The van der Waals surface area contributed by atoms with Crippen LogP contribution in [0.25, 0.3) is 11.0 Å². The molecular weight excluding hydrogens is 414 g/mol. The molecule has 1 aliphatic carbocycles. The smallest absolute Gasteiger partial charge is 0.414 e. The standard InChI is InChI=1S/C27H33N3O3/c1-18-13-14-21-22(29(18)27(32)33-2)15-16-23-26(21)28-25(30(23)20-11-7-4-8-12-20)17-24(31)19-9-5-3-6-10-19/h3,5-6,9-10,15-16,18,20,24,31H,4,7-8,11-14,17H2,1-2H3/t18-,24-/m0/s1. The van der Waals surface area contributed by atoms with Crippen LogP contribution in [0, 0.1) is 0 Å². The first-order valence-corrected chi connectivity index (χ1v) is 12.2. The lowest BCUT2D eigenvalue weighted by atomic mass is 9.94. The summed E-state index contributed by atoms with van der Waals surface area (Å²) in [7, 11) is 1.43. The second-order valence-electron chi connectivity index (χ2n) is 9.48. The predicted molar refractivity (Wildman–Crippen MR) is 130 cm³/mol. The molecule has 1 aromatic heterocycles. The third kappa shape index (κ3) is 4.01. The highest BCUT2D eigenvalue weighted by Gasteiger charge is 2.32. The van der Waals surface area contributed by atoms with Crippen LogP contribution in [-0.2, 0) is 17.6 Å². The molecule has 1 amide bonds. The highest BCUT2D eigenvalue weighted by molar-refractivity contribution is 5.95. The highest BCUT2D eigenvalue weighted by Crippen LogP contribution is 2.40. The predicted octanol–water partition coefficient (Wildman–Crippen LogP) is 5.73. The van der Waals surface area contributed by atoms with E-state index >= 15 is 0 Å². The molecule has 5 rings (SSSR count). The summed E-state index contributed by atoms with van der Waals surface area (Å²) >= 11 is 0. The number of rotatable bonds is 4. The van der Waals surface area contributed by atoms with Crippen LogP contribution in [0.4, 0.5) is 10.5 Å². The SMILES string of the molecule is COC(=O)N1c2ccc3c(nc(C[C@H](O)c4ccccc4)n3C3CCCCC3)c2CC[C@@H]1C. The van der Waals surface area contributed by atoms with Crippen molar-refractivity contribution in [1.29, 1.82) is 0 Å². The molecule has 6 nitrogen and oxygen atoms in total. The molecule has 0 saturated heterocycles. The number of nitrogens with zero attached hydrogens (tertiary/aromatic N) is 3. The number of methoxy groups -OCH3 is 1. The topological polar surface area (TPSA) is 67.6 Å². The Labute approximate surface area is 195 Å². The Bertz CT molecular complexity index is 1130. The van der Waals surface area contributed by atoms with Crippen LogP contribution in [0.5, 0.6) is 0 Å². The molecule has 33 heavy (non-hydrogen) atoms. The Morgan fingerprint density at radius 2 is 1.88 bits per heavy atom. The van der Waals surface area contributed by atoms with Crippen LogP contribution in [0.15, 0.2) is 42.5 Å². The van der Waals surface area contributed by atoms with Crippen molar-refractivity contribution in [3.8, 4) is 0 Å². The number of fused-ring (bicyclic) bond motifs is 3. The number of aliphatic hydroxyl groups excluding tert-OH is 1. The summed E-state index contributed by atoms with van der Waals surface area (Å²) in [6.45, 7) is 2.06. The van der Waals surface area contributed by atoms with Gasteiger partial charge in [-0.1, -0.05) is 49.6 Å². The molecule has 1 fully saturated rings. The molecule has 174 valence electrons. The van der Waals surface area contributed by atoms with E-state index in [-0.39, 0.29) is 12.1 Å². The number of carbonyl (C=O) groups excluding carboxylic acids is 1. The van der Waals surface area contributed by atoms with Gasteiger partial charge in [-0.05, 0) is 50.3 Å². The molecular formula is C27H33N3O3. The van der Waals surface area contributed by atoms with Crippen LogP contribution in [-0.4, -0.2) is 33.9 Å². The number of hydrogen-bond acceptors (Lipinski definition) is 4. The largest absolute Gasteiger partial charge is 0.452 e.